The fourth-order valence-corrected chi connectivity index (χ4v) is 4.57. The van der Waals surface area contributed by atoms with Crippen LogP contribution in [0.3, 0.4) is 0 Å². The van der Waals surface area contributed by atoms with Gasteiger partial charge < -0.3 is 4.74 Å². The quantitative estimate of drug-likeness (QED) is 0.278. The number of hydrogen-bond donors (Lipinski definition) is 0. The first-order valence-electron chi connectivity index (χ1n) is 12.6. The monoisotopic (exact) mass is 416 g/mol. The maximum absolute atomic E-state index is 5.89. The van der Waals surface area contributed by atoms with Crippen LogP contribution in [0.1, 0.15) is 90.0 Å². The van der Waals surface area contributed by atoms with Gasteiger partial charge in [-0.15, -0.1) is 0 Å². The van der Waals surface area contributed by atoms with E-state index in [4.69, 9.17) is 4.74 Å². The molecular formula is C30H40O. The minimum absolute atomic E-state index is 0.590. The molecule has 31 heavy (non-hydrogen) atoms. The van der Waals surface area contributed by atoms with E-state index in [2.05, 4.69) is 74.2 Å². The maximum Gasteiger partial charge on any atom is 0.119 e. The van der Waals surface area contributed by atoms with Crippen LogP contribution in [0.5, 0.6) is 5.75 Å². The van der Waals surface area contributed by atoms with Crippen LogP contribution < -0.4 is 4.74 Å². The van der Waals surface area contributed by atoms with Gasteiger partial charge in [-0.25, -0.2) is 0 Å². The number of hydrogen-bond acceptors (Lipinski definition) is 1. The molecular weight excluding hydrogens is 376 g/mol. The zero-order valence-electron chi connectivity index (χ0n) is 19.7. The highest BCUT2D eigenvalue weighted by Gasteiger charge is 2.18. The molecule has 1 saturated carbocycles. The highest BCUT2D eigenvalue weighted by atomic mass is 16.5. The lowest BCUT2D eigenvalue weighted by molar-refractivity contribution is 0.300. The number of unbranched alkanes of at least 4 members (excludes halogenated alkanes) is 4. The summed E-state index contributed by atoms with van der Waals surface area (Å²) in [6.45, 7) is 5.36. The summed E-state index contributed by atoms with van der Waals surface area (Å²) in [6.07, 6.45) is 14.4. The van der Waals surface area contributed by atoms with E-state index in [1.54, 1.807) is 0 Å². The van der Waals surface area contributed by atoms with Crippen molar-refractivity contribution in [3.63, 3.8) is 0 Å². The second-order valence-electron chi connectivity index (χ2n) is 9.14. The number of benzene rings is 2. The summed E-state index contributed by atoms with van der Waals surface area (Å²) in [7, 11) is 0. The minimum atomic E-state index is 0.590. The molecule has 3 rings (SSSR count). The molecule has 0 N–H and O–H groups in total. The van der Waals surface area contributed by atoms with Gasteiger partial charge >= 0.3 is 0 Å². The fraction of sp³-hybridized carbons (Fsp3) is 0.533. The fourth-order valence-electron chi connectivity index (χ4n) is 4.57. The molecule has 166 valence electrons. The average Bonchev–Trinajstić information content (AvgIpc) is 2.82. The van der Waals surface area contributed by atoms with E-state index in [1.807, 2.05) is 0 Å². The van der Waals surface area contributed by atoms with Gasteiger partial charge in [-0.3, -0.25) is 0 Å². The largest absolute Gasteiger partial charge is 0.494 e. The van der Waals surface area contributed by atoms with Crippen LogP contribution >= 0.6 is 0 Å². The molecule has 0 radical (unpaired) electrons. The predicted molar refractivity (Wildman–Crippen MR) is 133 cm³/mol. The third kappa shape index (κ3) is 8.10. The van der Waals surface area contributed by atoms with Crippen LogP contribution in [0.2, 0.25) is 0 Å². The molecule has 0 saturated heterocycles. The molecule has 1 aliphatic rings. The summed E-state index contributed by atoms with van der Waals surface area (Å²) in [5.74, 6) is 9.46. The third-order valence-corrected chi connectivity index (χ3v) is 6.55. The normalized spacial score (nSPS) is 18.3. The van der Waals surface area contributed by atoms with Crippen molar-refractivity contribution >= 4 is 0 Å². The molecule has 0 atom stereocenters. The molecule has 2 aromatic carbocycles. The molecule has 0 aliphatic heterocycles. The summed E-state index contributed by atoms with van der Waals surface area (Å²) in [4.78, 5) is 0. The van der Waals surface area contributed by atoms with Crippen LogP contribution in [0.25, 0.3) is 11.1 Å². The van der Waals surface area contributed by atoms with E-state index in [-0.39, 0.29) is 0 Å². The molecule has 0 amide bonds. The smallest absolute Gasteiger partial charge is 0.119 e. The Bertz CT molecular complexity index is 798. The van der Waals surface area contributed by atoms with Gasteiger partial charge in [-0.05, 0) is 73.4 Å². The standard InChI is InChI=1S/C30H40O/c1-3-5-6-7-8-24-31-30-22-20-29(21-23-30)28-18-16-27(17-19-28)15-14-26-12-10-25(9-4-2)11-13-26/h16-23,25-26H,3-13,24H2,1-2H3. The maximum atomic E-state index is 5.89. The van der Waals surface area contributed by atoms with Crippen molar-refractivity contribution in [3.8, 4) is 28.7 Å². The van der Waals surface area contributed by atoms with Crippen LogP contribution in [-0.2, 0) is 0 Å². The van der Waals surface area contributed by atoms with E-state index in [0.717, 1.165) is 30.3 Å². The zero-order chi connectivity index (χ0) is 21.7. The highest BCUT2D eigenvalue weighted by molar-refractivity contribution is 5.65. The Labute approximate surface area is 190 Å². The minimum Gasteiger partial charge on any atom is -0.494 e. The molecule has 1 nitrogen and oxygen atoms in total. The molecule has 1 heteroatoms. The lowest BCUT2D eigenvalue weighted by Crippen LogP contribution is -2.13. The lowest BCUT2D eigenvalue weighted by Gasteiger charge is -2.25. The molecule has 0 spiro atoms. The highest BCUT2D eigenvalue weighted by Crippen LogP contribution is 2.31. The number of rotatable bonds is 10. The van der Waals surface area contributed by atoms with Crippen molar-refractivity contribution in [2.45, 2.75) is 84.5 Å². The molecule has 2 aromatic rings. The first-order chi connectivity index (χ1) is 15.3. The summed E-state index contributed by atoms with van der Waals surface area (Å²) >= 11 is 0. The summed E-state index contributed by atoms with van der Waals surface area (Å²) < 4.78 is 5.89. The van der Waals surface area contributed by atoms with Crippen molar-refractivity contribution in [1.82, 2.24) is 0 Å². The van der Waals surface area contributed by atoms with Crippen molar-refractivity contribution in [3.05, 3.63) is 54.1 Å². The van der Waals surface area contributed by atoms with Gasteiger partial charge in [0.1, 0.15) is 5.75 Å². The van der Waals surface area contributed by atoms with Gasteiger partial charge in [0.05, 0.1) is 6.61 Å². The summed E-state index contributed by atoms with van der Waals surface area (Å²) in [5.41, 5.74) is 3.59. The Hall–Kier alpha value is -2.20. The molecule has 0 bridgehead atoms. The lowest BCUT2D eigenvalue weighted by atomic mass is 9.80. The van der Waals surface area contributed by atoms with E-state index in [9.17, 15) is 0 Å². The van der Waals surface area contributed by atoms with E-state index >= 15 is 0 Å². The zero-order valence-corrected chi connectivity index (χ0v) is 19.7. The first kappa shape index (κ1) is 23.5. The van der Waals surface area contributed by atoms with Crippen molar-refractivity contribution in [2.75, 3.05) is 6.61 Å². The van der Waals surface area contributed by atoms with Gasteiger partial charge in [0, 0.05) is 11.5 Å². The Balaban J connectivity index is 1.46. The van der Waals surface area contributed by atoms with Crippen molar-refractivity contribution in [1.29, 1.82) is 0 Å². The van der Waals surface area contributed by atoms with Crippen LogP contribution in [0.4, 0.5) is 0 Å². The van der Waals surface area contributed by atoms with Gasteiger partial charge in [0.25, 0.3) is 0 Å². The number of ether oxygens (including phenoxy) is 1. The van der Waals surface area contributed by atoms with Crippen LogP contribution in [0.15, 0.2) is 48.5 Å². The SMILES string of the molecule is CCCCCCCOc1ccc(-c2ccc(C#CC3CCC(CCC)CC3)cc2)cc1. The topological polar surface area (TPSA) is 9.23 Å². The molecule has 0 unspecified atom stereocenters. The van der Waals surface area contributed by atoms with Gasteiger partial charge in [0.15, 0.2) is 0 Å². The van der Waals surface area contributed by atoms with E-state index in [0.29, 0.717) is 5.92 Å². The summed E-state index contributed by atoms with van der Waals surface area (Å²) in [5, 5.41) is 0. The molecule has 1 fully saturated rings. The Morgan fingerprint density at radius 2 is 1.39 bits per heavy atom. The Kier molecular flexibility index (Phi) is 10.0. The Morgan fingerprint density at radius 1 is 0.742 bits per heavy atom. The van der Waals surface area contributed by atoms with E-state index < -0.39 is 0 Å². The van der Waals surface area contributed by atoms with Crippen molar-refractivity contribution in [2.24, 2.45) is 11.8 Å². The van der Waals surface area contributed by atoms with Crippen LogP contribution in [-0.4, -0.2) is 6.61 Å². The third-order valence-electron chi connectivity index (χ3n) is 6.55. The van der Waals surface area contributed by atoms with Crippen molar-refractivity contribution < 1.29 is 4.74 Å². The molecule has 0 aromatic heterocycles. The molecule has 0 heterocycles. The van der Waals surface area contributed by atoms with Gasteiger partial charge in [0.2, 0.25) is 0 Å². The second kappa shape index (κ2) is 13.3. The predicted octanol–water partition coefficient (Wildman–Crippen LogP) is 8.66. The average molecular weight is 417 g/mol. The second-order valence-corrected chi connectivity index (χ2v) is 9.14. The summed E-state index contributed by atoms with van der Waals surface area (Å²) in [6, 6.07) is 17.2. The van der Waals surface area contributed by atoms with E-state index in [1.165, 1.54) is 75.3 Å². The molecule has 1 aliphatic carbocycles. The Morgan fingerprint density at radius 3 is 2.03 bits per heavy atom. The van der Waals surface area contributed by atoms with Gasteiger partial charge in [-0.1, -0.05) is 88.5 Å². The van der Waals surface area contributed by atoms with Gasteiger partial charge in [-0.2, -0.15) is 0 Å². The van der Waals surface area contributed by atoms with Crippen LogP contribution in [0, 0.1) is 23.7 Å². The first-order valence-corrected chi connectivity index (χ1v) is 12.6.